The van der Waals surface area contributed by atoms with Crippen LogP contribution >= 0.6 is 0 Å². The number of carbonyl (C=O) groups excluding carboxylic acids is 2. The minimum absolute atomic E-state index is 0.0583. The van der Waals surface area contributed by atoms with Crippen molar-refractivity contribution in [2.45, 2.75) is 44.6 Å². The van der Waals surface area contributed by atoms with Gasteiger partial charge in [0.15, 0.2) is 0 Å². The van der Waals surface area contributed by atoms with Crippen molar-refractivity contribution in [2.24, 2.45) is 5.92 Å². The van der Waals surface area contributed by atoms with Crippen molar-refractivity contribution in [3.63, 3.8) is 0 Å². The molecule has 0 saturated carbocycles. The molecule has 2 aromatic carbocycles. The Kier molecular flexibility index (Phi) is 6.69. The second kappa shape index (κ2) is 9.38. The number of hydrogen-bond acceptors (Lipinski definition) is 6. The number of benzene rings is 2. The van der Waals surface area contributed by atoms with E-state index in [1.807, 2.05) is 39.0 Å². The van der Waals surface area contributed by atoms with E-state index in [9.17, 15) is 18.0 Å². The number of aryl methyl sites for hydroxylation is 3. The van der Waals surface area contributed by atoms with E-state index in [4.69, 9.17) is 9.47 Å². The van der Waals surface area contributed by atoms with Crippen LogP contribution in [-0.2, 0) is 24.3 Å². The van der Waals surface area contributed by atoms with Gasteiger partial charge < -0.3 is 14.4 Å². The Morgan fingerprint density at radius 3 is 2.26 bits per heavy atom. The third-order valence-corrected chi connectivity index (χ3v) is 8.71. The zero-order valence-corrected chi connectivity index (χ0v) is 20.7. The summed E-state index contributed by atoms with van der Waals surface area (Å²) in [6.45, 7) is 6.16. The average Bonchev–Trinajstić information content (AvgIpc) is 2.81. The van der Waals surface area contributed by atoms with Gasteiger partial charge in [0.1, 0.15) is 5.75 Å². The molecule has 0 radical (unpaired) electrons. The zero-order chi connectivity index (χ0) is 24.6. The standard InChI is InChI=1S/C25H30N2O6S/c1-16-13-17(2)23(18(3)14-16)34(30,31)26-11-9-19(10-12-26)24(28)27-15-22(25(29)32-4)33-21-8-6-5-7-20(21)27/h5-8,13-14,19,22H,9-12,15H2,1-4H3/t22-/m0/s1. The molecule has 2 heterocycles. The van der Waals surface area contributed by atoms with Gasteiger partial charge in [-0.1, -0.05) is 29.8 Å². The summed E-state index contributed by atoms with van der Waals surface area (Å²) in [5.74, 6) is -0.583. The van der Waals surface area contributed by atoms with Crippen LogP contribution in [0.2, 0.25) is 0 Å². The lowest BCUT2D eigenvalue weighted by Crippen LogP contribution is -2.51. The van der Waals surface area contributed by atoms with Crippen LogP contribution in [0.25, 0.3) is 0 Å². The topological polar surface area (TPSA) is 93.2 Å². The van der Waals surface area contributed by atoms with Crippen molar-refractivity contribution in [3.8, 4) is 5.75 Å². The number of hydrogen-bond donors (Lipinski definition) is 0. The number of anilines is 1. The number of methoxy groups -OCH3 is 1. The van der Waals surface area contributed by atoms with Crippen LogP contribution in [0.3, 0.4) is 0 Å². The number of nitrogens with zero attached hydrogens (tertiary/aromatic N) is 2. The van der Waals surface area contributed by atoms with Crippen molar-refractivity contribution >= 4 is 27.6 Å². The first-order valence-corrected chi connectivity index (χ1v) is 12.8. The van der Waals surface area contributed by atoms with Gasteiger partial charge in [0.2, 0.25) is 22.0 Å². The van der Waals surface area contributed by atoms with Crippen molar-refractivity contribution in [1.29, 1.82) is 0 Å². The lowest BCUT2D eigenvalue weighted by Gasteiger charge is -2.37. The summed E-state index contributed by atoms with van der Waals surface area (Å²) in [6.07, 6.45) is -0.0914. The number of ether oxygens (including phenoxy) is 2. The third kappa shape index (κ3) is 4.42. The van der Waals surface area contributed by atoms with Gasteiger partial charge in [0, 0.05) is 19.0 Å². The molecule has 0 aliphatic carbocycles. The summed E-state index contributed by atoms with van der Waals surface area (Å²) >= 11 is 0. The molecule has 2 aliphatic rings. The highest BCUT2D eigenvalue weighted by molar-refractivity contribution is 7.89. The highest BCUT2D eigenvalue weighted by Crippen LogP contribution is 2.36. The molecule has 1 saturated heterocycles. The first-order chi connectivity index (χ1) is 16.1. The first kappa shape index (κ1) is 24.2. The normalized spacial score (nSPS) is 19.3. The van der Waals surface area contributed by atoms with E-state index >= 15 is 0 Å². The summed E-state index contributed by atoms with van der Waals surface area (Å²) in [5, 5.41) is 0. The number of sulfonamides is 1. The number of esters is 1. The van der Waals surface area contributed by atoms with Crippen molar-refractivity contribution in [3.05, 3.63) is 53.1 Å². The lowest BCUT2D eigenvalue weighted by molar-refractivity contribution is -0.148. The largest absolute Gasteiger partial charge is 0.475 e. The second-order valence-electron chi connectivity index (χ2n) is 8.95. The highest BCUT2D eigenvalue weighted by Gasteiger charge is 2.39. The Labute approximate surface area is 200 Å². The molecule has 8 nitrogen and oxygen atoms in total. The number of para-hydroxylation sites is 2. The molecule has 9 heteroatoms. The predicted molar refractivity (Wildman–Crippen MR) is 127 cm³/mol. The second-order valence-corrected chi connectivity index (χ2v) is 10.8. The number of rotatable bonds is 4. The first-order valence-electron chi connectivity index (χ1n) is 11.4. The summed E-state index contributed by atoms with van der Waals surface area (Å²) in [4.78, 5) is 27.5. The third-order valence-electron chi connectivity index (χ3n) is 6.51. The molecule has 1 atom stereocenters. The van der Waals surface area contributed by atoms with Crippen LogP contribution in [0.15, 0.2) is 41.3 Å². The molecule has 2 aliphatic heterocycles. The van der Waals surface area contributed by atoms with Gasteiger partial charge in [-0.2, -0.15) is 4.31 Å². The smallest absolute Gasteiger partial charge is 0.348 e. The van der Waals surface area contributed by atoms with Gasteiger partial charge in [-0.05, 0) is 56.9 Å². The fourth-order valence-electron chi connectivity index (χ4n) is 4.96. The average molecular weight is 487 g/mol. The van der Waals surface area contributed by atoms with Crippen molar-refractivity contribution in [2.75, 3.05) is 31.6 Å². The Hall–Kier alpha value is -2.91. The molecule has 1 amide bonds. The molecule has 0 spiro atoms. The number of amides is 1. The molecular weight excluding hydrogens is 456 g/mol. The van der Waals surface area contributed by atoms with E-state index in [-0.39, 0.29) is 31.5 Å². The van der Waals surface area contributed by atoms with E-state index in [0.29, 0.717) is 29.2 Å². The zero-order valence-electron chi connectivity index (χ0n) is 19.9. The van der Waals surface area contributed by atoms with Gasteiger partial charge in [0.25, 0.3) is 0 Å². The monoisotopic (exact) mass is 486 g/mol. The van der Waals surface area contributed by atoms with Crippen molar-refractivity contribution in [1.82, 2.24) is 4.31 Å². The minimum atomic E-state index is -3.66. The van der Waals surface area contributed by atoms with Gasteiger partial charge in [-0.15, -0.1) is 0 Å². The van der Waals surface area contributed by atoms with Gasteiger partial charge in [-0.3, -0.25) is 4.79 Å². The summed E-state index contributed by atoms with van der Waals surface area (Å²) < 4.78 is 38.8. The van der Waals surface area contributed by atoms with Crippen LogP contribution in [0, 0.1) is 26.7 Å². The number of fused-ring (bicyclic) bond motifs is 1. The van der Waals surface area contributed by atoms with E-state index in [1.54, 1.807) is 23.1 Å². The predicted octanol–water partition coefficient (Wildman–Crippen LogP) is 2.98. The fourth-order valence-corrected chi connectivity index (χ4v) is 6.84. The van der Waals surface area contributed by atoms with Crippen LogP contribution < -0.4 is 9.64 Å². The van der Waals surface area contributed by atoms with Gasteiger partial charge in [0.05, 0.1) is 24.2 Å². The summed E-state index contributed by atoms with van der Waals surface area (Å²) in [5.41, 5.74) is 3.09. The van der Waals surface area contributed by atoms with Crippen LogP contribution in [0.5, 0.6) is 5.75 Å². The maximum Gasteiger partial charge on any atom is 0.348 e. The minimum Gasteiger partial charge on any atom is -0.475 e. The molecule has 0 bridgehead atoms. The Bertz CT molecular complexity index is 1190. The van der Waals surface area contributed by atoms with E-state index < -0.39 is 22.1 Å². The molecule has 0 unspecified atom stereocenters. The fraction of sp³-hybridized carbons (Fsp3) is 0.440. The summed E-state index contributed by atoms with van der Waals surface area (Å²) in [7, 11) is -2.38. The Morgan fingerprint density at radius 2 is 1.65 bits per heavy atom. The Balaban J connectivity index is 1.51. The molecule has 182 valence electrons. The molecular formula is C25H30N2O6S. The Morgan fingerprint density at radius 1 is 1.03 bits per heavy atom. The quantitative estimate of drug-likeness (QED) is 0.617. The molecule has 0 aromatic heterocycles. The van der Waals surface area contributed by atoms with Crippen molar-refractivity contribution < 1.29 is 27.5 Å². The van der Waals surface area contributed by atoms with E-state index in [1.165, 1.54) is 11.4 Å². The van der Waals surface area contributed by atoms with Crippen LogP contribution in [-0.4, -0.2) is 57.4 Å². The van der Waals surface area contributed by atoms with Crippen LogP contribution in [0.1, 0.15) is 29.5 Å². The molecule has 4 rings (SSSR count). The maximum absolute atomic E-state index is 13.5. The SMILES string of the molecule is COC(=O)[C@@H]1CN(C(=O)C2CCN(S(=O)(=O)c3c(C)cc(C)cc3C)CC2)c2ccccc2O1. The molecule has 1 fully saturated rings. The lowest BCUT2D eigenvalue weighted by atomic mass is 9.95. The number of piperidine rings is 1. The number of carbonyl (C=O) groups is 2. The van der Waals surface area contributed by atoms with Gasteiger partial charge >= 0.3 is 5.97 Å². The maximum atomic E-state index is 13.5. The summed E-state index contributed by atoms with van der Waals surface area (Å²) in [6, 6.07) is 10.8. The van der Waals surface area contributed by atoms with E-state index in [2.05, 4.69) is 0 Å². The highest BCUT2D eigenvalue weighted by atomic mass is 32.2. The molecule has 0 N–H and O–H groups in total. The van der Waals surface area contributed by atoms with Crippen LogP contribution in [0.4, 0.5) is 5.69 Å². The molecule has 34 heavy (non-hydrogen) atoms. The van der Waals surface area contributed by atoms with Gasteiger partial charge in [-0.25, -0.2) is 13.2 Å². The van der Waals surface area contributed by atoms with E-state index in [0.717, 1.165) is 16.7 Å². The molecule has 2 aromatic rings.